The molecule has 0 unspecified atom stereocenters. The van der Waals surface area contributed by atoms with Gasteiger partial charge in [-0.25, -0.2) is 4.98 Å². The highest BCUT2D eigenvalue weighted by atomic mass is 16.3. The number of aliphatic hydroxyl groups excluding tert-OH is 2. The van der Waals surface area contributed by atoms with Crippen LogP contribution >= 0.6 is 0 Å². The summed E-state index contributed by atoms with van der Waals surface area (Å²) in [5.74, 6) is 1.09. The first-order chi connectivity index (χ1) is 14.0. The van der Waals surface area contributed by atoms with Crippen molar-refractivity contribution in [1.29, 1.82) is 0 Å². The number of nitrogens with zero attached hydrogens (tertiary/aromatic N) is 5. The largest absolute Gasteiger partial charge is 0.395 e. The van der Waals surface area contributed by atoms with Crippen LogP contribution in [0, 0.1) is 0 Å². The Hall–Kier alpha value is -2.71. The van der Waals surface area contributed by atoms with E-state index < -0.39 is 0 Å². The third-order valence-corrected chi connectivity index (χ3v) is 4.88. The summed E-state index contributed by atoms with van der Waals surface area (Å²) in [5.41, 5.74) is 2.34. The molecule has 156 valence electrons. The number of aliphatic hydroxyl groups is 2. The van der Waals surface area contributed by atoms with Gasteiger partial charge in [0.2, 0.25) is 5.95 Å². The molecule has 0 amide bonds. The summed E-state index contributed by atoms with van der Waals surface area (Å²) in [4.78, 5) is 16.0. The highest BCUT2D eigenvalue weighted by Gasteiger charge is 2.21. The maximum absolute atomic E-state index is 9.98. The second kappa shape index (κ2) is 9.19. The monoisotopic (exact) mass is 398 g/mol. The summed E-state index contributed by atoms with van der Waals surface area (Å²) in [6.45, 7) is 8.58. The van der Waals surface area contributed by atoms with Gasteiger partial charge in [0.05, 0.1) is 25.6 Å². The van der Waals surface area contributed by atoms with E-state index >= 15 is 0 Å². The standard InChI is InChI=1S/C21H30N6O2/c1-14(2)26(10-11-28)21-24-19(18-20(25-21)27(13-22-18)15(3)4)23-17(12-29)16-8-6-5-7-9-16/h5-9,13-15,17,28-29H,10-12H2,1-4H3,(H,23,24,25)/t17-/m0/s1. The lowest BCUT2D eigenvalue weighted by Gasteiger charge is -2.27. The molecule has 0 aliphatic carbocycles. The number of benzene rings is 1. The first-order valence-corrected chi connectivity index (χ1v) is 10.0. The minimum Gasteiger partial charge on any atom is -0.395 e. The molecule has 0 saturated heterocycles. The van der Waals surface area contributed by atoms with Crippen molar-refractivity contribution in [3.63, 3.8) is 0 Å². The van der Waals surface area contributed by atoms with E-state index in [0.29, 0.717) is 23.8 Å². The van der Waals surface area contributed by atoms with Gasteiger partial charge in [-0.3, -0.25) is 0 Å². The molecule has 3 N–H and O–H groups in total. The molecule has 0 radical (unpaired) electrons. The Bertz CT molecular complexity index is 926. The summed E-state index contributed by atoms with van der Waals surface area (Å²) < 4.78 is 2.00. The smallest absolute Gasteiger partial charge is 0.229 e. The van der Waals surface area contributed by atoms with Gasteiger partial charge in [0, 0.05) is 18.6 Å². The highest BCUT2D eigenvalue weighted by Crippen LogP contribution is 2.28. The molecular formula is C21H30N6O2. The number of imidazole rings is 1. The van der Waals surface area contributed by atoms with Crippen molar-refractivity contribution in [2.75, 3.05) is 30.0 Å². The first-order valence-electron chi connectivity index (χ1n) is 10.0. The van der Waals surface area contributed by atoms with E-state index in [1.165, 1.54) is 0 Å². The van der Waals surface area contributed by atoms with Crippen LogP contribution in [0.4, 0.5) is 11.8 Å². The summed E-state index contributed by atoms with van der Waals surface area (Å²) in [6.07, 6.45) is 1.77. The van der Waals surface area contributed by atoms with Gasteiger partial charge < -0.3 is 25.0 Å². The lowest BCUT2D eigenvalue weighted by molar-refractivity contribution is 0.276. The molecule has 0 saturated carbocycles. The van der Waals surface area contributed by atoms with Crippen LogP contribution in [0.2, 0.25) is 0 Å². The minimum atomic E-state index is -0.323. The summed E-state index contributed by atoms with van der Waals surface area (Å²) in [5, 5.41) is 22.8. The van der Waals surface area contributed by atoms with Crippen molar-refractivity contribution in [3.05, 3.63) is 42.2 Å². The second-order valence-electron chi connectivity index (χ2n) is 7.59. The van der Waals surface area contributed by atoms with E-state index in [1.54, 1.807) is 6.33 Å². The number of nitrogens with one attached hydrogen (secondary N) is 1. The summed E-state index contributed by atoms with van der Waals surface area (Å²) in [6, 6.07) is 9.73. The quantitative estimate of drug-likeness (QED) is 0.510. The fourth-order valence-corrected chi connectivity index (χ4v) is 3.29. The Morgan fingerprint density at radius 3 is 2.38 bits per heavy atom. The lowest BCUT2D eigenvalue weighted by Crippen LogP contribution is -2.35. The van der Waals surface area contributed by atoms with Gasteiger partial charge in [-0.15, -0.1) is 0 Å². The first kappa shape index (κ1) is 21.0. The predicted octanol–water partition coefficient (Wildman–Crippen LogP) is 2.76. The molecule has 0 aliphatic heterocycles. The Morgan fingerprint density at radius 1 is 1.07 bits per heavy atom. The minimum absolute atomic E-state index is 0.00899. The van der Waals surface area contributed by atoms with Gasteiger partial charge in [0.15, 0.2) is 17.0 Å². The predicted molar refractivity (Wildman–Crippen MR) is 115 cm³/mol. The Morgan fingerprint density at radius 2 is 1.79 bits per heavy atom. The SMILES string of the molecule is CC(C)N(CCO)c1nc(N[C@@H](CO)c2ccccc2)c2ncn(C(C)C)c2n1. The van der Waals surface area contributed by atoms with Gasteiger partial charge in [-0.1, -0.05) is 30.3 Å². The lowest BCUT2D eigenvalue weighted by atomic mass is 10.1. The van der Waals surface area contributed by atoms with Crippen molar-refractivity contribution in [2.45, 2.75) is 45.8 Å². The molecule has 0 bridgehead atoms. The third-order valence-electron chi connectivity index (χ3n) is 4.88. The van der Waals surface area contributed by atoms with Gasteiger partial charge in [-0.2, -0.15) is 9.97 Å². The van der Waals surface area contributed by atoms with E-state index in [1.807, 2.05) is 53.6 Å². The van der Waals surface area contributed by atoms with Crippen molar-refractivity contribution < 1.29 is 10.2 Å². The van der Waals surface area contributed by atoms with Crippen LogP contribution in [-0.2, 0) is 0 Å². The van der Waals surface area contributed by atoms with Gasteiger partial charge in [0.25, 0.3) is 0 Å². The molecule has 3 rings (SSSR count). The fraction of sp³-hybridized carbons (Fsp3) is 0.476. The molecule has 8 nitrogen and oxygen atoms in total. The molecule has 2 aromatic heterocycles. The highest BCUT2D eigenvalue weighted by molar-refractivity contribution is 5.84. The molecule has 0 spiro atoms. The van der Waals surface area contributed by atoms with E-state index in [0.717, 1.165) is 11.2 Å². The van der Waals surface area contributed by atoms with E-state index in [-0.39, 0.29) is 31.3 Å². The van der Waals surface area contributed by atoms with Gasteiger partial charge >= 0.3 is 0 Å². The summed E-state index contributed by atoms with van der Waals surface area (Å²) >= 11 is 0. The third kappa shape index (κ3) is 4.49. The number of aromatic nitrogens is 4. The molecule has 1 aromatic carbocycles. The number of anilines is 2. The zero-order valence-electron chi connectivity index (χ0n) is 17.4. The zero-order chi connectivity index (χ0) is 21.0. The van der Waals surface area contributed by atoms with E-state index in [4.69, 9.17) is 9.97 Å². The fourth-order valence-electron chi connectivity index (χ4n) is 3.29. The topological polar surface area (TPSA) is 99.3 Å². The Kier molecular flexibility index (Phi) is 6.66. The van der Waals surface area contributed by atoms with Crippen LogP contribution in [0.25, 0.3) is 11.2 Å². The van der Waals surface area contributed by atoms with Crippen LogP contribution < -0.4 is 10.2 Å². The van der Waals surface area contributed by atoms with Crippen molar-refractivity contribution in [2.24, 2.45) is 0 Å². The van der Waals surface area contributed by atoms with Crippen molar-refractivity contribution in [3.8, 4) is 0 Å². The normalized spacial score (nSPS) is 12.7. The second-order valence-corrected chi connectivity index (χ2v) is 7.59. The van der Waals surface area contributed by atoms with Crippen LogP contribution in [0.3, 0.4) is 0 Å². The zero-order valence-corrected chi connectivity index (χ0v) is 17.4. The van der Waals surface area contributed by atoms with Gasteiger partial charge in [-0.05, 0) is 33.3 Å². The van der Waals surface area contributed by atoms with E-state index in [9.17, 15) is 10.2 Å². The molecular weight excluding hydrogens is 368 g/mol. The van der Waals surface area contributed by atoms with Crippen molar-refractivity contribution in [1.82, 2.24) is 19.5 Å². The van der Waals surface area contributed by atoms with E-state index in [2.05, 4.69) is 24.1 Å². The van der Waals surface area contributed by atoms with Crippen LogP contribution in [-0.4, -0.2) is 55.5 Å². The van der Waals surface area contributed by atoms with Crippen molar-refractivity contribution >= 4 is 22.9 Å². The average Bonchev–Trinajstić information content (AvgIpc) is 3.15. The Labute approximate surface area is 171 Å². The number of rotatable bonds is 9. The molecule has 0 aliphatic rings. The molecule has 1 atom stereocenters. The average molecular weight is 399 g/mol. The number of hydrogen-bond donors (Lipinski definition) is 3. The number of fused-ring (bicyclic) bond motifs is 1. The Balaban J connectivity index is 2.11. The maximum atomic E-state index is 9.98. The van der Waals surface area contributed by atoms with Crippen LogP contribution in [0.5, 0.6) is 0 Å². The van der Waals surface area contributed by atoms with Gasteiger partial charge in [0.1, 0.15) is 0 Å². The molecule has 0 fully saturated rings. The maximum Gasteiger partial charge on any atom is 0.229 e. The number of hydrogen-bond acceptors (Lipinski definition) is 7. The molecule has 29 heavy (non-hydrogen) atoms. The summed E-state index contributed by atoms with van der Waals surface area (Å²) in [7, 11) is 0. The molecule has 2 heterocycles. The van der Waals surface area contributed by atoms with Crippen LogP contribution in [0.15, 0.2) is 36.7 Å². The van der Waals surface area contributed by atoms with Crippen LogP contribution in [0.1, 0.15) is 45.3 Å². The molecule has 3 aromatic rings. The molecule has 8 heteroatoms.